The zero-order valence-corrected chi connectivity index (χ0v) is 18.3. The van der Waals surface area contributed by atoms with Gasteiger partial charge in [-0.3, -0.25) is 19.3 Å². The van der Waals surface area contributed by atoms with E-state index in [0.29, 0.717) is 44.6 Å². The van der Waals surface area contributed by atoms with Crippen molar-refractivity contribution in [3.8, 4) is 0 Å². The van der Waals surface area contributed by atoms with Crippen LogP contribution in [0.2, 0.25) is 0 Å². The lowest BCUT2D eigenvalue weighted by molar-refractivity contribution is -0.143. The molecule has 1 spiro atoms. The average molecular weight is 439 g/mol. The third kappa shape index (κ3) is 3.55. The predicted molar refractivity (Wildman–Crippen MR) is 117 cm³/mol. The first-order chi connectivity index (χ1) is 15.5. The van der Waals surface area contributed by atoms with Gasteiger partial charge in [0, 0.05) is 37.7 Å². The van der Waals surface area contributed by atoms with Gasteiger partial charge in [-0.2, -0.15) is 0 Å². The Morgan fingerprint density at radius 1 is 0.906 bits per heavy atom. The summed E-state index contributed by atoms with van der Waals surface area (Å²) in [5.74, 6) is 0.0499. The number of nitrogens with zero attached hydrogens (tertiary/aromatic N) is 3. The molecule has 3 saturated heterocycles. The number of hydrogen-bond donors (Lipinski definition) is 1. The average Bonchev–Trinajstić information content (AvgIpc) is 3.02. The topological polar surface area (TPSA) is 90.0 Å². The van der Waals surface area contributed by atoms with E-state index in [0.717, 1.165) is 32.1 Å². The quantitative estimate of drug-likeness (QED) is 0.731. The van der Waals surface area contributed by atoms with E-state index in [4.69, 9.17) is 0 Å². The number of piperidine rings is 2. The van der Waals surface area contributed by atoms with Crippen LogP contribution >= 0.6 is 0 Å². The monoisotopic (exact) mass is 438 g/mol. The van der Waals surface area contributed by atoms with Crippen LogP contribution in [0, 0.1) is 5.92 Å². The highest BCUT2D eigenvalue weighted by atomic mass is 16.2. The first-order valence-electron chi connectivity index (χ1n) is 11.8. The summed E-state index contributed by atoms with van der Waals surface area (Å²) in [6.07, 6.45) is 5.34. The molecule has 170 valence electrons. The van der Waals surface area contributed by atoms with E-state index in [-0.39, 0.29) is 35.7 Å². The lowest BCUT2D eigenvalue weighted by atomic mass is 9.83. The fourth-order valence-corrected chi connectivity index (χ4v) is 5.45. The Balaban J connectivity index is 1.24. The predicted octanol–water partition coefficient (Wildman–Crippen LogP) is 2.00. The fraction of sp³-hybridized carbons (Fsp3) is 0.583. The highest BCUT2D eigenvalue weighted by Crippen LogP contribution is 2.34. The summed E-state index contributed by atoms with van der Waals surface area (Å²) in [5, 5.41) is 2.95. The second kappa shape index (κ2) is 8.22. The lowest BCUT2D eigenvalue weighted by Crippen LogP contribution is -2.57. The molecule has 0 radical (unpaired) electrons. The largest absolute Gasteiger partial charge is 0.340 e. The van der Waals surface area contributed by atoms with Crippen LogP contribution in [0.1, 0.15) is 55.3 Å². The van der Waals surface area contributed by atoms with Gasteiger partial charge in [0.15, 0.2) is 0 Å². The highest BCUT2D eigenvalue weighted by molar-refractivity contribution is 6.07. The van der Waals surface area contributed by atoms with Crippen molar-refractivity contribution in [2.24, 2.45) is 5.92 Å². The Morgan fingerprint density at radius 3 is 2.28 bits per heavy atom. The van der Waals surface area contributed by atoms with Gasteiger partial charge in [0.25, 0.3) is 11.8 Å². The van der Waals surface area contributed by atoms with Crippen molar-refractivity contribution in [2.45, 2.75) is 56.5 Å². The molecule has 5 amide bonds. The van der Waals surface area contributed by atoms with Gasteiger partial charge in [0.1, 0.15) is 5.54 Å². The number of imide groups is 1. The number of rotatable bonds is 3. The molecule has 1 aromatic carbocycles. The summed E-state index contributed by atoms with van der Waals surface area (Å²) < 4.78 is 0. The maximum absolute atomic E-state index is 13.5. The minimum Gasteiger partial charge on any atom is -0.340 e. The molecular weight excluding hydrogens is 408 g/mol. The number of carbonyl (C=O) groups is 4. The normalized spacial score (nSPS) is 25.6. The van der Waals surface area contributed by atoms with E-state index in [1.165, 1.54) is 4.90 Å². The van der Waals surface area contributed by atoms with Crippen molar-refractivity contribution in [1.29, 1.82) is 0 Å². The van der Waals surface area contributed by atoms with Crippen LogP contribution in [-0.4, -0.2) is 76.2 Å². The van der Waals surface area contributed by atoms with Crippen LogP contribution in [0.15, 0.2) is 30.3 Å². The van der Waals surface area contributed by atoms with Crippen molar-refractivity contribution < 1.29 is 19.2 Å². The van der Waals surface area contributed by atoms with E-state index in [1.807, 2.05) is 23.1 Å². The van der Waals surface area contributed by atoms with Gasteiger partial charge in [0.2, 0.25) is 5.91 Å². The van der Waals surface area contributed by atoms with Crippen molar-refractivity contribution in [1.82, 2.24) is 20.0 Å². The maximum Gasteiger partial charge on any atom is 0.325 e. The number of likely N-dealkylation sites (tertiary alicyclic amines) is 2. The van der Waals surface area contributed by atoms with Crippen LogP contribution in [0.25, 0.3) is 0 Å². The highest BCUT2D eigenvalue weighted by Gasteiger charge is 2.55. The summed E-state index contributed by atoms with van der Waals surface area (Å²) in [6.45, 7) is 1.98. The fourth-order valence-electron chi connectivity index (χ4n) is 5.45. The molecule has 0 bridgehead atoms. The van der Waals surface area contributed by atoms with Gasteiger partial charge in [-0.15, -0.1) is 0 Å². The summed E-state index contributed by atoms with van der Waals surface area (Å²) >= 11 is 0. The summed E-state index contributed by atoms with van der Waals surface area (Å²) in [4.78, 5) is 56.8. The second-order valence-corrected chi connectivity index (χ2v) is 9.55. The Labute approximate surface area is 187 Å². The molecule has 8 heteroatoms. The molecule has 5 rings (SSSR count). The van der Waals surface area contributed by atoms with Gasteiger partial charge in [-0.05, 0) is 50.7 Å². The summed E-state index contributed by atoms with van der Waals surface area (Å²) in [7, 11) is 0. The minimum atomic E-state index is -0.940. The third-order valence-electron chi connectivity index (χ3n) is 7.65. The van der Waals surface area contributed by atoms with Crippen LogP contribution in [-0.2, 0) is 9.59 Å². The maximum atomic E-state index is 13.5. The molecule has 1 atom stereocenters. The molecular formula is C24H30N4O4. The second-order valence-electron chi connectivity index (χ2n) is 9.55. The third-order valence-corrected chi connectivity index (χ3v) is 7.65. The first kappa shape index (κ1) is 21.0. The smallest absolute Gasteiger partial charge is 0.325 e. The molecule has 32 heavy (non-hydrogen) atoms. The van der Waals surface area contributed by atoms with Gasteiger partial charge >= 0.3 is 6.03 Å². The van der Waals surface area contributed by atoms with Crippen molar-refractivity contribution in [2.75, 3.05) is 26.2 Å². The number of carbonyl (C=O) groups excluding carboxylic acids is 4. The van der Waals surface area contributed by atoms with Crippen molar-refractivity contribution in [3.63, 3.8) is 0 Å². The Hall–Kier alpha value is -2.90. The van der Waals surface area contributed by atoms with E-state index in [2.05, 4.69) is 5.32 Å². The molecule has 0 aromatic heterocycles. The minimum absolute atomic E-state index is 0.0495. The molecule has 3 aliphatic heterocycles. The van der Waals surface area contributed by atoms with E-state index in [9.17, 15) is 19.2 Å². The van der Waals surface area contributed by atoms with Gasteiger partial charge in [-0.1, -0.05) is 24.6 Å². The Kier molecular flexibility index (Phi) is 5.39. The number of amides is 5. The van der Waals surface area contributed by atoms with E-state index >= 15 is 0 Å². The number of nitrogens with one attached hydrogen (secondary N) is 1. The lowest BCUT2D eigenvalue weighted by Gasteiger charge is -2.40. The number of benzene rings is 1. The molecule has 3 heterocycles. The molecule has 4 aliphatic rings. The van der Waals surface area contributed by atoms with E-state index < -0.39 is 5.54 Å². The summed E-state index contributed by atoms with van der Waals surface area (Å²) in [5.41, 5.74) is -0.310. The van der Waals surface area contributed by atoms with Crippen molar-refractivity contribution in [3.05, 3.63) is 35.9 Å². The standard InChI is InChI=1S/C24H30N4O4/c29-20(17-6-2-1-3-7-17)26-14-11-24(12-15-26)22(31)28(23(32)25-24)19-10-5-13-27(16-19)21(30)18-8-4-9-18/h1-3,6-7,18-19H,4-5,8-16H2,(H,25,32)/t19-/m0/s1. The van der Waals surface area contributed by atoms with Crippen LogP contribution in [0.3, 0.4) is 0 Å². The van der Waals surface area contributed by atoms with Gasteiger partial charge in [-0.25, -0.2) is 4.79 Å². The zero-order valence-electron chi connectivity index (χ0n) is 18.3. The van der Waals surface area contributed by atoms with Crippen molar-refractivity contribution >= 4 is 23.8 Å². The molecule has 1 saturated carbocycles. The molecule has 1 aromatic rings. The number of urea groups is 1. The molecule has 8 nitrogen and oxygen atoms in total. The van der Waals surface area contributed by atoms with E-state index in [1.54, 1.807) is 17.0 Å². The zero-order chi connectivity index (χ0) is 22.3. The molecule has 1 aliphatic carbocycles. The van der Waals surface area contributed by atoms with Gasteiger partial charge < -0.3 is 15.1 Å². The molecule has 1 N–H and O–H groups in total. The number of hydrogen-bond acceptors (Lipinski definition) is 4. The van der Waals surface area contributed by atoms with Crippen LogP contribution < -0.4 is 5.32 Å². The SMILES string of the molecule is O=C(c1ccccc1)N1CCC2(CC1)NC(=O)N([C@H]1CCCN(C(=O)C3CCC3)C1)C2=O. The first-order valence-corrected chi connectivity index (χ1v) is 11.8. The van der Waals surface area contributed by atoms with Crippen LogP contribution in [0.5, 0.6) is 0 Å². The Morgan fingerprint density at radius 2 is 1.62 bits per heavy atom. The Bertz CT molecular complexity index is 921. The van der Waals surface area contributed by atoms with Crippen LogP contribution in [0.4, 0.5) is 4.79 Å². The molecule has 4 fully saturated rings. The van der Waals surface area contributed by atoms with Gasteiger partial charge in [0.05, 0.1) is 6.04 Å². The summed E-state index contributed by atoms with van der Waals surface area (Å²) in [6, 6.07) is 8.48. The molecule has 0 unspecified atom stereocenters.